The number of likely N-dealkylation sites (tertiary alicyclic amines) is 1. The number of hydrogen-bond donors (Lipinski definition) is 2. The van der Waals surface area contributed by atoms with Crippen molar-refractivity contribution < 1.29 is 14.3 Å². The molecule has 1 aliphatic heterocycles. The number of carbonyl (C=O) groups is 2. The van der Waals surface area contributed by atoms with Gasteiger partial charge in [0.15, 0.2) is 5.96 Å². The zero-order valence-corrected chi connectivity index (χ0v) is 19.2. The largest absolute Gasteiger partial charge is 0.493 e. The van der Waals surface area contributed by atoms with Crippen LogP contribution >= 0.6 is 0 Å². The standard InChI is InChI=1S/C25H34N4O3/c1-16(2)15-32-20-8-4-17(5-9-20)10-11-27-25(26-3)28-12-13-29-23(30)21-18-6-7-19(14-18)22(21)24(29)31/h4-9,16,18-19,21-22H,10-15H2,1-3H3,(H2,26,27,28). The van der Waals surface area contributed by atoms with Crippen LogP contribution in [0.1, 0.15) is 25.8 Å². The van der Waals surface area contributed by atoms with Gasteiger partial charge in [-0.2, -0.15) is 0 Å². The summed E-state index contributed by atoms with van der Waals surface area (Å²) >= 11 is 0. The van der Waals surface area contributed by atoms with Crippen LogP contribution < -0.4 is 15.4 Å². The Kier molecular flexibility index (Phi) is 6.82. The quantitative estimate of drug-likeness (QED) is 0.267. The first-order valence-corrected chi connectivity index (χ1v) is 11.7. The van der Waals surface area contributed by atoms with Gasteiger partial charge in [-0.3, -0.25) is 19.5 Å². The van der Waals surface area contributed by atoms with Gasteiger partial charge in [-0.1, -0.05) is 38.1 Å². The lowest BCUT2D eigenvalue weighted by atomic mass is 9.85. The van der Waals surface area contributed by atoms with Crippen LogP contribution in [0.5, 0.6) is 5.75 Å². The molecular formula is C25H34N4O3. The maximum atomic E-state index is 12.7. The number of amides is 2. The molecule has 1 saturated carbocycles. The first-order chi connectivity index (χ1) is 15.5. The molecule has 1 aromatic carbocycles. The van der Waals surface area contributed by atoms with Crippen LogP contribution in [0.3, 0.4) is 0 Å². The summed E-state index contributed by atoms with van der Waals surface area (Å²) in [7, 11) is 1.72. The summed E-state index contributed by atoms with van der Waals surface area (Å²) < 4.78 is 5.72. The number of imide groups is 1. The summed E-state index contributed by atoms with van der Waals surface area (Å²) in [6, 6.07) is 8.17. The molecule has 0 aromatic heterocycles. The van der Waals surface area contributed by atoms with Crippen molar-refractivity contribution in [2.45, 2.75) is 26.7 Å². The number of nitrogens with one attached hydrogen (secondary N) is 2. The number of nitrogens with zero attached hydrogens (tertiary/aromatic N) is 2. The Bertz CT molecular complexity index is 863. The van der Waals surface area contributed by atoms with Gasteiger partial charge in [-0.05, 0) is 48.3 Å². The number of aliphatic imine (C=N–C) groups is 1. The second-order valence-corrected chi connectivity index (χ2v) is 9.35. The number of benzene rings is 1. The Hall–Kier alpha value is -2.83. The molecule has 7 nitrogen and oxygen atoms in total. The third-order valence-electron chi connectivity index (χ3n) is 6.63. The number of allylic oxidation sites excluding steroid dienone is 2. The smallest absolute Gasteiger partial charge is 0.233 e. The van der Waals surface area contributed by atoms with E-state index in [1.165, 1.54) is 10.5 Å². The van der Waals surface area contributed by atoms with Gasteiger partial charge < -0.3 is 15.4 Å². The molecule has 2 amide bonds. The SMILES string of the molecule is CN=C(NCCc1ccc(OCC(C)C)cc1)NCCN1C(=O)C2C3C=CC(C3)C2C1=O. The molecule has 1 saturated heterocycles. The molecule has 1 heterocycles. The number of fused-ring (bicyclic) bond motifs is 5. The zero-order valence-electron chi connectivity index (χ0n) is 19.2. The van der Waals surface area contributed by atoms with Crippen molar-refractivity contribution in [1.82, 2.24) is 15.5 Å². The van der Waals surface area contributed by atoms with Crippen molar-refractivity contribution in [1.29, 1.82) is 0 Å². The first kappa shape index (κ1) is 22.4. The normalized spacial score (nSPS) is 26.2. The number of carbonyl (C=O) groups excluding carboxylic acids is 2. The highest BCUT2D eigenvalue weighted by molar-refractivity contribution is 6.06. The topological polar surface area (TPSA) is 83.0 Å². The monoisotopic (exact) mass is 438 g/mol. The van der Waals surface area contributed by atoms with E-state index in [9.17, 15) is 9.59 Å². The highest BCUT2D eigenvalue weighted by atomic mass is 16.5. The molecule has 172 valence electrons. The van der Waals surface area contributed by atoms with Crippen LogP contribution in [-0.4, -0.2) is 56.0 Å². The van der Waals surface area contributed by atoms with Gasteiger partial charge >= 0.3 is 0 Å². The Morgan fingerprint density at radius 1 is 1.06 bits per heavy atom. The first-order valence-electron chi connectivity index (χ1n) is 11.7. The maximum absolute atomic E-state index is 12.7. The van der Waals surface area contributed by atoms with Gasteiger partial charge in [-0.25, -0.2) is 0 Å². The van der Waals surface area contributed by atoms with Crippen LogP contribution in [0.15, 0.2) is 41.4 Å². The molecule has 2 bridgehead atoms. The minimum atomic E-state index is -0.128. The predicted octanol–water partition coefficient (Wildman–Crippen LogP) is 2.24. The molecule has 4 rings (SSSR count). The lowest BCUT2D eigenvalue weighted by Gasteiger charge is -2.18. The Labute approximate surface area is 190 Å². The maximum Gasteiger partial charge on any atom is 0.233 e. The van der Waals surface area contributed by atoms with Crippen molar-refractivity contribution in [3.05, 3.63) is 42.0 Å². The lowest BCUT2D eigenvalue weighted by molar-refractivity contribution is -0.140. The molecule has 0 spiro atoms. The van der Waals surface area contributed by atoms with E-state index < -0.39 is 0 Å². The molecule has 2 aliphatic carbocycles. The molecule has 32 heavy (non-hydrogen) atoms. The van der Waals surface area contributed by atoms with E-state index in [1.807, 2.05) is 12.1 Å². The molecule has 2 fully saturated rings. The molecule has 4 atom stereocenters. The van der Waals surface area contributed by atoms with Crippen molar-refractivity contribution >= 4 is 17.8 Å². The fourth-order valence-corrected chi connectivity index (χ4v) is 5.03. The summed E-state index contributed by atoms with van der Waals surface area (Å²) in [6.45, 7) is 6.58. The van der Waals surface area contributed by atoms with Crippen molar-refractivity contribution in [2.24, 2.45) is 34.6 Å². The molecule has 7 heteroatoms. The predicted molar refractivity (Wildman–Crippen MR) is 124 cm³/mol. The summed E-state index contributed by atoms with van der Waals surface area (Å²) in [6.07, 6.45) is 6.06. The van der Waals surface area contributed by atoms with Gasteiger partial charge in [0.1, 0.15) is 5.75 Å². The molecule has 0 radical (unpaired) electrons. The summed E-state index contributed by atoms with van der Waals surface area (Å²) in [5.74, 6) is 2.33. The van der Waals surface area contributed by atoms with Crippen LogP contribution in [0.25, 0.3) is 0 Å². The minimum absolute atomic E-state index is 0.00224. The van der Waals surface area contributed by atoms with Crippen LogP contribution in [0.4, 0.5) is 0 Å². The lowest BCUT2D eigenvalue weighted by Crippen LogP contribution is -2.44. The van der Waals surface area contributed by atoms with E-state index in [2.05, 4.69) is 53.8 Å². The van der Waals surface area contributed by atoms with Crippen molar-refractivity contribution in [3.63, 3.8) is 0 Å². The number of guanidine groups is 1. The fraction of sp³-hybridized carbons (Fsp3) is 0.560. The molecular weight excluding hydrogens is 404 g/mol. The van der Waals surface area contributed by atoms with E-state index in [1.54, 1.807) is 7.05 Å². The van der Waals surface area contributed by atoms with Gasteiger partial charge in [-0.15, -0.1) is 0 Å². The third-order valence-corrected chi connectivity index (χ3v) is 6.63. The van der Waals surface area contributed by atoms with Crippen LogP contribution in [0.2, 0.25) is 0 Å². The molecule has 3 aliphatic rings. The Morgan fingerprint density at radius 3 is 2.28 bits per heavy atom. The number of rotatable bonds is 9. The van der Waals surface area contributed by atoms with E-state index >= 15 is 0 Å². The Balaban J connectivity index is 1.17. The number of ether oxygens (including phenoxy) is 1. The fourth-order valence-electron chi connectivity index (χ4n) is 5.03. The van der Waals surface area contributed by atoms with Gasteiger partial charge in [0.25, 0.3) is 0 Å². The van der Waals surface area contributed by atoms with Gasteiger partial charge in [0.2, 0.25) is 11.8 Å². The highest BCUT2D eigenvalue weighted by Gasteiger charge is 2.58. The average molecular weight is 439 g/mol. The molecule has 2 N–H and O–H groups in total. The third kappa shape index (κ3) is 4.66. The minimum Gasteiger partial charge on any atom is -0.493 e. The van der Waals surface area contributed by atoms with Crippen molar-refractivity contribution in [3.8, 4) is 5.75 Å². The highest BCUT2D eigenvalue weighted by Crippen LogP contribution is 2.52. The average Bonchev–Trinajstić information content (AvgIpc) is 3.47. The van der Waals surface area contributed by atoms with E-state index in [0.717, 1.165) is 31.7 Å². The number of hydrogen-bond acceptors (Lipinski definition) is 4. The van der Waals surface area contributed by atoms with E-state index in [4.69, 9.17) is 4.74 Å². The second kappa shape index (κ2) is 9.76. The van der Waals surface area contributed by atoms with Gasteiger partial charge in [0, 0.05) is 26.7 Å². The van der Waals surface area contributed by atoms with Gasteiger partial charge in [0.05, 0.1) is 18.4 Å². The zero-order chi connectivity index (χ0) is 22.7. The van der Waals surface area contributed by atoms with E-state index in [0.29, 0.717) is 25.0 Å². The van der Waals surface area contributed by atoms with Crippen molar-refractivity contribution in [2.75, 3.05) is 33.3 Å². The Morgan fingerprint density at radius 2 is 1.69 bits per heavy atom. The summed E-state index contributed by atoms with van der Waals surface area (Å²) in [4.78, 5) is 31.2. The molecule has 1 aromatic rings. The summed E-state index contributed by atoms with van der Waals surface area (Å²) in [5.41, 5.74) is 1.22. The van der Waals surface area contributed by atoms with Crippen LogP contribution in [-0.2, 0) is 16.0 Å². The van der Waals surface area contributed by atoms with Crippen LogP contribution in [0, 0.1) is 29.6 Å². The summed E-state index contributed by atoms with van der Waals surface area (Å²) in [5, 5.41) is 6.51. The second-order valence-electron chi connectivity index (χ2n) is 9.35. The van der Waals surface area contributed by atoms with E-state index in [-0.39, 0.29) is 35.5 Å². The molecule has 4 unspecified atom stereocenters.